The van der Waals surface area contributed by atoms with Gasteiger partial charge >= 0.3 is 0 Å². The maximum atomic E-state index is 14.2. The fraction of sp³-hybridized carbons (Fsp3) is 0.364. The van der Waals surface area contributed by atoms with Crippen molar-refractivity contribution < 1.29 is 4.39 Å². The summed E-state index contributed by atoms with van der Waals surface area (Å²) in [5.74, 6) is 0.688. The van der Waals surface area contributed by atoms with Crippen LogP contribution in [0.1, 0.15) is 38.8 Å². The van der Waals surface area contributed by atoms with E-state index in [1.165, 1.54) is 6.07 Å². The zero-order chi connectivity index (χ0) is 21.2. The van der Waals surface area contributed by atoms with Crippen LogP contribution in [-0.4, -0.2) is 16.0 Å². The van der Waals surface area contributed by atoms with Gasteiger partial charge in [0.2, 0.25) is 5.95 Å². The van der Waals surface area contributed by atoms with E-state index in [0.29, 0.717) is 18.1 Å². The van der Waals surface area contributed by atoms with Crippen molar-refractivity contribution in [3.8, 4) is 0 Å². The first-order valence-electron chi connectivity index (χ1n) is 9.63. The molecule has 0 amide bonds. The molecular formula is C22H27ClFN5. The topological polar surface area (TPSA) is 75.9 Å². The lowest BCUT2D eigenvalue weighted by Gasteiger charge is -2.29. The van der Waals surface area contributed by atoms with Gasteiger partial charge in [0.1, 0.15) is 11.6 Å². The number of fused-ring (bicyclic) bond motifs is 1. The van der Waals surface area contributed by atoms with Gasteiger partial charge in [0, 0.05) is 30.1 Å². The number of para-hydroxylation sites is 1. The Bertz CT molecular complexity index is 1020. The maximum Gasteiger partial charge on any atom is 0.225 e. The minimum absolute atomic E-state index is 0.0419. The first-order valence-corrected chi connectivity index (χ1v) is 10.0. The van der Waals surface area contributed by atoms with Crippen molar-refractivity contribution >= 4 is 34.3 Å². The summed E-state index contributed by atoms with van der Waals surface area (Å²) in [5.41, 5.74) is 8.12. The van der Waals surface area contributed by atoms with E-state index >= 15 is 0 Å². The summed E-state index contributed by atoms with van der Waals surface area (Å²) in [6.07, 6.45) is 0. The fourth-order valence-electron chi connectivity index (χ4n) is 2.85. The predicted molar refractivity (Wildman–Crippen MR) is 119 cm³/mol. The number of nitrogens with one attached hydrogen (secondary N) is 2. The Kier molecular flexibility index (Phi) is 6.24. The molecule has 1 atom stereocenters. The minimum atomic E-state index is -0.440. The summed E-state index contributed by atoms with van der Waals surface area (Å²) in [6, 6.07) is 11.0. The summed E-state index contributed by atoms with van der Waals surface area (Å²) in [4.78, 5) is 9.31. The summed E-state index contributed by atoms with van der Waals surface area (Å²) in [6.45, 7) is 9.21. The molecule has 0 bridgehead atoms. The number of hydrogen-bond donors (Lipinski definition) is 3. The van der Waals surface area contributed by atoms with Gasteiger partial charge in [-0.2, -0.15) is 4.98 Å². The van der Waals surface area contributed by atoms with Gasteiger partial charge < -0.3 is 16.4 Å². The Balaban J connectivity index is 1.99. The zero-order valence-corrected chi connectivity index (χ0v) is 17.9. The Labute approximate surface area is 175 Å². The van der Waals surface area contributed by atoms with E-state index in [-0.39, 0.29) is 23.0 Å². The van der Waals surface area contributed by atoms with Crippen LogP contribution in [0.25, 0.3) is 10.9 Å². The van der Waals surface area contributed by atoms with Crippen LogP contribution in [0.5, 0.6) is 0 Å². The molecule has 2 aromatic carbocycles. The van der Waals surface area contributed by atoms with E-state index in [9.17, 15) is 4.39 Å². The van der Waals surface area contributed by atoms with Gasteiger partial charge in [0.05, 0.1) is 10.5 Å². The first-order chi connectivity index (χ1) is 13.7. The van der Waals surface area contributed by atoms with Crippen molar-refractivity contribution in [2.24, 2.45) is 11.1 Å². The molecule has 3 aromatic rings. The summed E-state index contributed by atoms with van der Waals surface area (Å²) >= 11 is 5.88. The number of anilines is 2. The van der Waals surface area contributed by atoms with E-state index in [1.807, 2.05) is 18.2 Å². The standard InChI is InChI=1S/C22H27ClFN5/c1-13(22(2,3)4)27-20-16-9-5-7-14(11-25)19(16)28-21(29-20)26-12-15-8-6-10-17(23)18(15)24/h5-10,13H,11-12,25H2,1-4H3,(H2,26,27,28,29)/t13-/m1/s1. The predicted octanol–water partition coefficient (Wildman–Crippen LogP) is 5.34. The lowest BCUT2D eigenvalue weighted by molar-refractivity contribution is 0.359. The molecule has 3 rings (SSSR count). The molecule has 4 N–H and O–H groups in total. The summed E-state index contributed by atoms with van der Waals surface area (Å²) in [5, 5.41) is 7.63. The number of benzene rings is 2. The van der Waals surface area contributed by atoms with Crippen molar-refractivity contribution in [2.45, 2.75) is 46.8 Å². The third kappa shape index (κ3) is 4.77. The van der Waals surface area contributed by atoms with Gasteiger partial charge in [0.25, 0.3) is 0 Å². The molecule has 0 spiro atoms. The molecular weight excluding hydrogens is 389 g/mol. The van der Waals surface area contributed by atoms with Gasteiger partial charge in [-0.15, -0.1) is 0 Å². The van der Waals surface area contributed by atoms with Crippen LogP contribution in [0.2, 0.25) is 5.02 Å². The number of hydrogen-bond acceptors (Lipinski definition) is 5. The second kappa shape index (κ2) is 8.51. The lowest BCUT2D eigenvalue weighted by atomic mass is 9.88. The zero-order valence-electron chi connectivity index (χ0n) is 17.2. The monoisotopic (exact) mass is 415 g/mol. The largest absolute Gasteiger partial charge is 0.366 e. The third-order valence-corrected chi connectivity index (χ3v) is 5.44. The normalized spacial score (nSPS) is 12.8. The summed E-state index contributed by atoms with van der Waals surface area (Å²) in [7, 11) is 0. The second-order valence-corrected chi connectivity index (χ2v) is 8.62. The van der Waals surface area contributed by atoms with Crippen LogP contribution in [0.3, 0.4) is 0 Å². The molecule has 0 saturated heterocycles. The van der Waals surface area contributed by atoms with Gasteiger partial charge in [-0.25, -0.2) is 9.37 Å². The molecule has 154 valence electrons. The number of nitrogens with zero attached hydrogens (tertiary/aromatic N) is 2. The molecule has 0 unspecified atom stereocenters. The van der Waals surface area contributed by atoms with Crippen LogP contribution >= 0.6 is 11.6 Å². The van der Waals surface area contributed by atoms with Gasteiger partial charge in [-0.1, -0.05) is 56.6 Å². The average molecular weight is 416 g/mol. The Morgan fingerprint density at radius 2 is 1.79 bits per heavy atom. The highest BCUT2D eigenvalue weighted by atomic mass is 35.5. The van der Waals surface area contributed by atoms with Crippen molar-refractivity contribution in [1.29, 1.82) is 0 Å². The molecule has 29 heavy (non-hydrogen) atoms. The van der Waals surface area contributed by atoms with Crippen molar-refractivity contribution in [2.75, 3.05) is 10.6 Å². The van der Waals surface area contributed by atoms with Crippen LogP contribution < -0.4 is 16.4 Å². The minimum Gasteiger partial charge on any atom is -0.366 e. The van der Waals surface area contributed by atoms with Crippen molar-refractivity contribution in [3.63, 3.8) is 0 Å². The molecule has 1 heterocycles. The van der Waals surface area contributed by atoms with Crippen molar-refractivity contribution in [3.05, 3.63) is 58.4 Å². The van der Waals surface area contributed by atoms with Crippen LogP contribution in [0.4, 0.5) is 16.2 Å². The quantitative estimate of drug-likeness (QED) is 0.506. The molecule has 0 fully saturated rings. The van der Waals surface area contributed by atoms with E-state index in [1.54, 1.807) is 12.1 Å². The van der Waals surface area contributed by atoms with E-state index in [4.69, 9.17) is 17.3 Å². The highest BCUT2D eigenvalue weighted by Gasteiger charge is 2.22. The molecule has 0 saturated carbocycles. The van der Waals surface area contributed by atoms with E-state index in [0.717, 1.165) is 22.3 Å². The Hall–Kier alpha value is -2.44. The number of halogens is 2. The van der Waals surface area contributed by atoms with Gasteiger partial charge in [-0.05, 0) is 30.0 Å². The van der Waals surface area contributed by atoms with Gasteiger partial charge in [0.15, 0.2) is 0 Å². The first kappa shape index (κ1) is 21.3. The maximum absolute atomic E-state index is 14.2. The number of aromatic nitrogens is 2. The molecule has 1 aromatic heterocycles. The van der Waals surface area contributed by atoms with E-state index < -0.39 is 5.82 Å². The van der Waals surface area contributed by atoms with Crippen LogP contribution in [0.15, 0.2) is 36.4 Å². The number of rotatable bonds is 6. The molecule has 0 aliphatic heterocycles. The van der Waals surface area contributed by atoms with Crippen LogP contribution in [-0.2, 0) is 13.1 Å². The molecule has 5 nitrogen and oxygen atoms in total. The SMILES string of the molecule is C[C@@H](Nc1nc(NCc2cccc(Cl)c2F)nc2c(CN)cccc12)C(C)(C)C. The van der Waals surface area contributed by atoms with Crippen molar-refractivity contribution in [1.82, 2.24) is 9.97 Å². The smallest absolute Gasteiger partial charge is 0.225 e. The van der Waals surface area contributed by atoms with Crippen LogP contribution in [0, 0.1) is 11.2 Å². The molecule has 0 radical (unpaired) electrons. The summed E-state index contributed by atoms with van der Waals surface area (Å²) < 4.78 is 14.2. The highest BCUT2D eigenvalue weighted by molar-refractivity contribution is 6.30. The van der Waals surface area contributed by atoms with E-state index in [2.05, 4.69) is 48.3 Å². The Morgan fingerprint density at radius 3 is 2.48 bits per heavy atom. The average Bonchev–Trinajstić information content (AvgIpc) is 2.68. The molecule has 0 aliphatic rings. The second-order valence-electron chi connectivity index (χ2n) is 8.21. The molecule has 0 aliphatic carbocycles. The molecule has 7 heteroatoms. The lowest BCUT2D eigenvalue weighted by Crippen LogP contribution is -2.31. The highest BCUT2D eigenvalue weighted by Crippen LogP contribution is 2.29. The number of nitrogens with two attached hydrogens (primary N) is 1. The fourth-order valence-corrected chi connectivity index (χ4v) is 3.04. The third-order valence-electron chi connectivity index (χ3n) is 5.15. The van der Waals surface area contributed by atoms with Gasteiger partial charge in [-0.3, -0.25) is 0 Å². The Morgan fingerprint density at radius 1 is 1.10 bits per heavy atom.